The fourth-order valence-electron chi connectivity index (χ4n) is 5.74. The Labute approximate surface area is 362 Å². The van der Waals surface area contributed by atoms with Crippen molar-refractivity contribution in [3.8, 4) is 44.5 Å². The molecule has 0 radical (unpaired) electrons. The summed E-state index contributed by atoms with van der Waals surface area (Å²) in [7, 11) is 0. The smallest absolute Gasteiger partial charge is 0.145 e. The molecule has 0 atom stereocenters. The molecule has 0 spiro atoms. The maximum atomic E-state index is 10.2. The highest BCUT2D eigenvalue weighted by molar-refractivity contribution is 6.17. The van der Waals surface area contributed by atoms with Gasteiger partial charge in [0.15, 0.2) is 0 Å². The van der Waals surface area contributed by atoms with Crippen LogP contribution >= 0.6 is 0 Å². The molecule has 10 aromatic rings. The Kier molecular flexibility index (Phi) is 3.03. The monoisotopic (exact) mass is 723 g/mol. The third-order valence-electron chi connectivity index (χ3n) is 8.06. The van der Waals surface area contributed by atoms with Crippen molar-refractivity contribution in [2.75, 3.05) is 4.90 Å². The highest BCUT2D eigenvalue weighted by Gasteiger charge is 2.24. The third-order valence-corrected chi connectivity index (χ3v) is 8.06. The molecule has 2 nitrogen and oxygen atoms in total. The molecule has 0 amide bonds. The van der Waals surface area contributed by atoms with Gasteiger partial charge in [-0.25, -0.2) is 0 Å². The zero-order valence-corrected chi connectivity index (χ0v) is 26.9. The second kappa shape index (κ2) is 13.4. The van der Waals surface area contributed by atoms with Gasteiger partial charge in [-0.3, -0.25) is 0 Å². The van der Waals surface area contributed by atoms with Crippen LogP contribution in [0.5, 0.6) is 0 Å². The molecule has 1 heterocycles. The Morgan fingerprint density at radius 3 is 1.87 bits per heavy atom. The number of nitrogens with zero attached hydrogens (tertiary/aromatic N) is 1. The molecule has 54 heavy (non-hydrogen) atoms. The number of furan rings is 1. The maximum absolute atomic E-state index is 10.2. The van der Waals surface area contributed by atoms with E-state index in [0.29, 0.717) is 4.90 Å². The van der Waals surface area contributed by atoms with Crippen molar-refractivity contribution >= 4 is 49.8 Å². The molecule has 254 valence electrons. The number of anilines is 3. The van der Waals surface area contributed by atoms with Gasteiger partial charge in [0.05, 0.1) is 63.4 Å². The normalized spacial score (nSPS) is 20.1. The topological polar surface area (TPSA) is 16.4 Å². The first kappa shape index (κ1) is 12.2. The summed E-state index contributed by atoms with van der Waals surface area (Å²) in [5.74, 6) is 0. The summed E-state index contributed by atoms with van der Waals surface area (Å²) < 4.78 is 315. The molecule has 2 heteroatoms. The zero-order valence-electron chi connectivity index (χ0n) is 60.9. The van der Waals surface area contributed by atoms with Gasteiger partial charge in [0.2, 0.25) is 0 Å². The van der Waals surface area contributed by atoms with E-state index in [1.54, 1.807) is 0 Å². The number of hydrogen-bond acceptors (Lipinski definition) is 2. The lowest BCUT2D eigenvalue weighted by atomic mass is 9.92. The molecule has 10 rings (SSSR count). The number of para-hydroxylation sites is 2. The highest BCUT2D eigenvalue weighted by atomic mass is 16.3. The van der Waals surface area contributed by atoms with Crippen LogP contribution in [0.3, 0.4) is 0 Å². The van der Waals surface area contributed by atoms with Crippen molar-refractivity contribution in [2.24, 2.45) is 0 Å². The van der Waals surface area contributed by atoms with E-state index in [1.807, 2.05) is 0 Å². The zero-order chi connectivity index (χ0) is 65.4. The van der Waals surface area contributed by atoms with Crippen molar-refractivity contribution in [1.29, 1.82) is 0 Å². The Morgan fingerprint density at radius 2 is 1.02 bits per heavy atom. The van der Waals surface area contributed by atoms with Crippen molar-refractivity contribution in [2.45, 2.75) is 0 Å². The van der Waals surface area contributed by atoms with E-state index in [1.165, 1.54) is 0 Å². The Bertz CT molecular complexity index is 4860. The van der Waals surface area contributed by atoms with Gasteiger partial charge in [-0.05, 0) is 86.5 Å². The van der Waals surface area contributed by atoms with Crippen LogP contribution in [0.4, 0.5) is 17.1 Å². The molecule has 0 bridgehead atoms. The fraction of sp³-hybridized carbons (Fsp3) is 0. The molecular weight excluding hydrogens is 655 g/mol. The second-order valence-electron chi connectivity index (χ2n) is 11.1. The van der Waals surface area contributed by atoms with E-state index >= 15 is 0 Å². The first-order valence-electron chi connectivity index (χ1n) is 32.7. The van der Waals surface area contributed by atoms with E-state index in [-0.39, 0.29) is 0 Å². The lowest BCUT2D eigenvalue weighted by Crippen LogP contribution is -2.12. The van der Waals surface area contributed by atoms with Crippen LogP contribution in [0.1, 0.15) is 46.6 Å². The Hall–Kier alpha value is -7.16. The van der Waals surface area contributed by atoms with Gasteiger partial charge in [-0.2, -0.15) is 0 Å². The second-order valence-corrected chi connectivity index (χ2v) is 11.1. The van der Waals surface area contributed by atoms with Gasteiger partial charge in [-0.15, -0.1) is 0 Å². The lowest BCUT2D eigenvalue weighted by molar-refractivity contribution is 0.670. The van der Waals surface area contributed by atoms with E-state index in [0.717, 1.165) is 6.07 Å². The summed E-state index contributed by atoms with van der Waals surface area (Å²) in [6.07, 6.45) is 0. The Morgan fingerprint density at radius 1 is 0.389 bits per heavy atom. The van der Waals surface area contributed by atoms with E-state index in [9.17, 15) is 19.2 Å². The molecule has 0 aliphatic carbocycles. The minimum Gasteiger partial charge on any atom is -0.455 e. The predicted octanol–water partition coefficient (Wildman–Crippen LogP) is 14.9. The van der Waals surface area contributed by atoms with Crippen molar-refractivity contribution in [1.82, 2.24) is 0 Å². The van der Waals surface area contributed by atoms with Crippen molar-refractivity contribution in [3.63, 3.8) is 0 Å². The molecule has 0 N–H and O–H groups in total. The van der Waals surface area contributed by atoms with Crippen molar-refractivity contribution in [3.05, 3.63) is 212 Å². The standard InChI is InChI=1S/C52H35NO/c1-3-15-36(16-4-1)38-29-31-42(32-30-38)53(48-25-13-11-23-46(48)45-22-10-9-21-43(45)39-18-5-2-6-19-39)49-34-33-44(41-28-27-37-17-7-8-20-40(37)35-41)52-51(49)47-24-12-14-26-50(47)54-52/h1-35H/i1D,2D,3D,4D,5D,6D,7D,8D,9D,10D,11D,12D,13D,14D,15D,16D,17D,18D,20D,21D,22D,23D,24D,25D,26D,27D,28D,29D,30D,31D,32D,33D,34D,35D. The molecule has 0 saturated heterocycles. The third kappa shape index (κ3) is 5.53. The van der Waals surface area contributed by atoms with Crippen molar-refractivity contribution < 1.29 is 51.0 Å². The van der Waals surface area contributed by atoms with Crippen LogP contribution in [-0.4, -0.2) is 0 Å². The average molecular weight is 724 g/mol. The number of fused-ring (bicyclic) bond motifs is 4. The minimum absolute atomic E-state index is 0.323. The van der Waals surface area contributed by atoms with Crippen LogP contribution in [0.15, 0.2) is 216 Å². The molecule has 1 aromatic heterocycles. The molecule has 0 saturated carbocycles. The summed E-state index contributed by atoms with van der Waals surface area (Å²) in [5.41, 5.74) is -13.2. The van der Waals surface area contributed by atoms with Gasteiger partial charge in [0.1, 0.15) is 11.2 Å². The quantitative estimate of drug-likeness (QED) is 0.163. The van der Waals surface area contributed by atoms with Crippen LogP contribution in [0.25, 0.3) is 77.2 Å². The minimum atomic E-state index is -1.39. The van der Waals surface area contributed by atoms with E-state index in [2.05, 4.69) is 0 Å². The SMILES string of the molecule is [2H]c1cc(-c2c([2H])c([2H])c([2H])c([2H])c2-c2c([2H])c([2H])c([2H])c([2H])c2N(c2c([2H])c([2H])c(-c3c([2H])c([2H])c([2H])c([2H])c3[2H])c([2H])c2[2H])c2c([2H])c([2H])c(-c3c([2H])c([2H])c4c([2H])c([2H])c([2H])c([2H])c4c3[2H])c3oc4c([2H])c([2H])c([2H])c([2H])c4c23)c([2H])c([2H])c1[2H]. The van der Waals surface area contributed by atoms with Gasteiger partial charge < -0.3 is 9.32 Å². The van der Waals surface area contributed by atoms with Gasteiger partial charge in [0, 0.05) is 22.2 Å². The molecule has 0 fully saturated rings. The van der Waals surface area contributed by atoms with E-state index in [4.69, 9.17) is 31.8 Å². The van der Waals surface area contributed by atoms with Gasteiger partial charge in [0.25, 0.3) is 0 Å². The van der Waals surface area contributed by atoms with E-state index < -0.39 is 300 Å². The number of rotatable bonds is 7. The molecule has 0 aliphatic heterocycles. The van der Waals surface area contributed by atoms with Crippen LogP contribution in [-0.2, 0) is 0 Å². The molecule has 0 unspecified atom stereocenters. The Balaban J connectivity index is 1.55. The fourth-order valence-corrected chi connectivity index (χ4v) is 5.74. The van der Waals surface area contributed by atoms with Gasteiger partial charge in [-0.1, -0.05) is 169 Å². The van der Waals surface area contributed by atoms with Crippen LogP contribution in [0, 0.1) is 0 Å². The van der Waals surface area contributed by atoms with Crippen LogP contribution in [0.2, 0.25) is 0 Å². The first-order valence-corrected chi connectivity index (χ1v) is 15.7. The maximum Gasteiger partial charge on any atom is 0.145 e. The summed E-state index contributed by atoms with van der Waals surface area (Å²) in [5, 5.41) is -3.14. The summed E-state index contributed by atoms with van der Waals surface area (Å²) in [6, 6.07) is -36.5. The largest absolute Gasteiger partial charge is 0.455 e. The molecular formula is C52H35NO. The lowest BCUT2D eigenvalue weighted by Gasteiger charge is -2.29. The summed E-state index contributed by atoms with van der Waals surface area (Å²) in [4.78, 5) is 0.323. The molecule has 0 aliphatic rings. The summed E-state index contributed by atoms with van der Waals surface area (Å²) in [6.45, 7) is 0. The number of benzene rings is 9. The average Bonchev–Trinajstić information content (AvgIpc) is 1.27. The first-order chi connectivity index (χ1) is 40.9. The van der Waals surface area contributed by atoms with Crippen LogP contribution < -0.4 is 4.90 Å². The molecule has 9 aromatic carbocycles. The number of hydrogen-bond donors (Lipinski definition) is 0. The highest BCUT2D eigenvalue weighted by Crippen LogP contribution is 2.49. The predicted molar refractivity (Wildman–Crippen MR) is 228 cm³/mol. The van der Waals surface area contributed by atoms with Gasteiger partial charge >= 0.3 is 0 Å². The summed E-state index contributed by atoms with van der Waals surface area (Å²) >= 11 is 0.